The van der Waals surface area contributed by atoms with Crippen LogP contribution in [0.1, 0.15) is 12.6 Å². The molecule has 0 saturated carbocycles. The third-order valence-electron chi connectivity index (χ3n) is 2.85. The predicted molar refractivity (Wildman–Crippen MR) is 83.8 cm³/mol. The Hall–Kier alpha value is -2.50. The monoisotopic (exact) mass is 361 g/mol. The number of nitrogens with two attached hydrogens (primary N) is 1. The average Bonchev–Trinajstić information content (AvgIpc) is 2.54. The van der Waals surface area contributed by atoms with Crippen molar-refractivity contribution in [1.29, 1.82) is 0 Å². The number of nitrogens with zero attached hydrogens (tertiary/aromatic N) is 3. The van der Waals surface area contributed by atoms with Crippen LogP contribution in [0.5, 0.6) is 0 Å². The number of carbonyl (C=O) groups excluding carboxylic acids is 1. The number of nitro groups is 1. The van der Waals surface area contributed by atoms with E-state index in [-0.39, 0.29) is 23.5 Å². The molecular weight excluding hydrogens is 346 g/mol. The number of hydrogen-bond donors (Lipinski definition) is 4. The normalized spacial score (nSPS) is 13.0. The molecule has 0 aliphatic carbocycles. The minimum atomic E-state index is -1.07. The second-order valence-electron chi connectivity index (χ2n) is 4.54. The van der Waals surface area contributed by atoms with E-state index in [1.54, 1.807) is 0 Å². The number of methoxy groups -OCH3 is 1. The van der Waals surface area contributed by atoms with Gasteiger partial charge in [0.2, 0.25) is 5.82 Å². The molecule has 1 aromatic heterocycles. The van der Waals surface area contributed by atoms with Crippen LogP contribution in [0.2, 0.25) is 5.15 Å². The number of halogens is 1. The number of nitrogens with one attached hydrogen (secondary N) is 1. The molecule has 0 saturated heterocycles. The number of esters is 1. The molecule has 132 valence electrons. The third-order valence-corrected chi connectivity index (χ3v) is 3.11. The van der Waals surface area contributed by atoms with Crippen LogP contribution < -0.4 is 11.1 Å². The van der Waals surface area contributed by atoms with Gasteiger partial charge in [-0.3, -0.25) is 0 Å². The van der Waals surface area contributed by atoms with Crippen molar-refractivity contribution in [3.63, 3.8) is 0 Å². The highest BCUT2D eigenvalue weighted by Gasteiger charge is 2.28. The molecule has 0 spiro atoms. The van der Waals surface area contributed by atoms with Gasteiger partial charge in [0, 0.05) is 12.2 Å². The SMILES string of the molecule is COC(=O)/C(=C(/C)NCC(O)CO)c1nc(N)c([N+](=O)[O-])nc1Cl. The Morgan fingerprint density at radius 3 is 2.67 bits per heavy atom. The third kappa shape index (κ3) is 4.50. The minimum absolute atomic E-state index is 0.0731. The Morgan fingerprint density at radius 1 is 1.54 bits per heavy atom. The molecule has 11 nitrogen and oxygen atoms in total. The first-order valence-corrected chi connectivity index (χ1v) is 6.90. The number of aliphatic hydroxyl groups is 2. The van der Waals surface area contributed by atoms with Gasteiger partial charge in [-0.15, -0.1) is 0 Å². The van der Waals surface area contributed by atoms with Gasteiger partial charge in [0.25, 0.3) is 5.15 Å². The van der Waals surface area contributed by atoms with E-state index >= 15 is 0 Å². The second-order valence-corrected chi connectivity index (χ2v) is 4.90. The summed E-state index contributed by atoms with van der Waals surface area (Å²) in [4.78, 5) is 29.2. The Labute approximate surface area is 141 Å². The fraction of sp³-hybridized carbons (Fsp3) is 0.417. The van der Waals surface area contributed by atoms with E-state index < -0.39 is 40.4 Å². The lowest BCUT2D eigenvalue weighted by Gasteiger charge is -2.14. The van der Waals surface area contributed by atoms with Crippen LogP contribution in [0.3, 0.4) is 0 Å². The second kappa shape index (κ2) is 8.38. The van der Waals surface area contributed by atoms with Crippen molar-refractivity contribution in [2.45, 2.75) is 13.0 Å². The molecule has 0 aromatic carbocycles. The van der Waals surface area contributed by atoms with E-state index in [1.165, 1.54) is 6.92 Å². The van der Waals surface area contributed by atoms with E-state index in [2.05, 4.69) is 20.0 Å². The number of aromatic nitrogens is 2. The fourth-order valence-electron chi connectivity index (χ4n) is 1.67. The first kappa shape index (κ1) is 19.5. The van der Waals surface area contributed by atoms with Crippen LogP contribution in [-0.2, 0) is 9.53 Å². The molecule has 0 bridgehead atoms. The number of carbonyl (C=O) groups is 1. The largest absolute Gasteiger partial charge is 0.465 e. The van der Waals surface area contributed by atoms with Crippen LogP contribution in [0.4, 0.5) is 11.6 Å². The van der Waals surface area contributed by atoms with Gasteiger partial charge in [0.05, 0.1) is 19.8 Å². The number of hydrogen-bond acceptors (Lipinski definition) is 10. The minimum Gasteiger partial charge on any atom is -0.465 e. The lowest BCUT2D eigenvalue weighted by atomic mass is 10.1. The van der Waals surface area contributed by atoms with Gasteiger partial charge in [-0.2, -0.15) is 0 Å². The fourth-order valence-corrected chi connectivity index (χ4v) is 1.88. The summed E-state index contributed by atoms with van der Waals surface area (Å²) in [5.74, 6) is -2.11. The number of ether oxygens (including phenoxy) is 1. The van der Waals surface area contributed by atoms with Crippen molar-refractivity contribution in [3.05, 3.63) is 26.7 Å². The highest BCUT2D eigenvalue weighted by atomic mass is 35.5. The molecule has 0 amide bonds. The summed E-state index contributed by atoms with van der Waals surface area (Å²) in [6, 6.07) is 0. The highest BCUT2D eigenvalue weighted by molar-refractivity contribution is 6.33. The van der Waals surface area contributed by atoms with Gasteiger partial charge >= 0.3 is 11.8 Å². The molecule has 1 atom stereocenters. The van der Waals surface area contributed by atoms with E-state index in [0.29, 0.717) is 0 Å². The molecule has 0 radical (unpaired) electrons. The molecule has 1 unspecified atom stereocenters. The van der Waals surface area contributed by atoms with Crippen LogP contribution in [0, 0.1) is 10.1 Å². The standard InChI is InChI=1S/C12H16ClN5O6/c1-5(15-3-6(20)4-19)7(12(21)24-2)8-9(13)17-11(18(22)23)10(14)16-8/h6,15,19-20H,3-4H2,1-2H3,(H2,14,16)/b7-5-. The van der Waals surface area contributed by atoms with Gasteiger partial charge in [0.15, 0.2) is 0 Å². The van der Waals surface area contributed by atoms with Gasteiger partial charge in [-0.25, -0.2) is 9.78 Å². The van der Waals surface area contributed by atoms with Gasteiger partial charge in [-0.1, -0.05) is 0 Å². The Balaban J connectivity index is 3.39. The maximum atomic E-state index is 12.0. The predicted octanol–water partition coefficient (Wildman–Crippen LogP) is -0.533. The quantitative estimate of drug-likeness (QED) is 0.214. The summed E-state index contributed by atoms with van der Waals surface area (Å²) in [5, 5.41) is 31.2. The molecule has 24 heavy (non-hydrogen) atoms. The molecule has 0 aliphatic heterocycles. The van der Waals surface area contributed by atoms with E-state index in [9.17, 15) is 20.0 Å². The van der Waals surface area contributed by atoms with Gasteiger partial charge < -0.3 is 36.1 Å². The molecule has 1 heterocycles. The Kier molecular flexibility index (Phi) is 6.82. The van der Waals surface area contributed by atoms with Crippen molar-refractivity contribution in [2.24, 2.45) is 0 Å². The lowest BCUT2D eigenvalue weighted by molar-refractivity contribution is -0.388. The van der Waals surface area contributed by atoms with Gasteiger partial charge in [-0.05, 0) is 28.4 Å². The molecule has 12 heteroatoms. The number of aliphatic hydroxyl groups excluding tert-OH is 2. The van der Waals surface area contributed by atoms with Crippen molar-refractivity contribution in [3.8, 4) is 0 Å². The maximum absolute atomic E-state index is 12.0. The number of rotatable bonds is 7. The van der Waals surface area contributed by atoms with Crippen LogP contribution in [0.25, 0.3) is 5.57 Å². The number of anilines is 1. The zero-order valence-corrected chi connectivity index (χ0v) is 13.6. The van der Waals surface area contributed by atoms with Crippen molar-refractivity contribution >= 4 is 34.8 Å². The summed E-state index contributed by atoms with van der Waals surface area (Å²) in [6.07, 6.45) is -1.07. The topological polar surface area (TPSA) is 174 Å². The highest BCUT2D eigenvalue weighted by Crippen LogP contribution is 2.28. The Morgan fingerprint density at radius 2 is 2.17 bits per heavy atom. The molecule has 0 aliphatic rings. The first-order chi connectivity index (χ1) is 11.2. The smallest absolute Gasteiger partial charge is 0.407 e. The van der Waals surface area contributed by atoms with Crippen LogP contribution in [0.15, 0.2) is 5.70 Å². The van der Waals surface area contributed by atoms with E-state index in [0.717, 1.165) is 7.11 Å². The summed E-state index contributed by atoms with van der Waals surface area (Å²) < 4.78 is 4.64. The average molecular weight is 362 g/mol. The van der Waals surface area contributed by atoms with Crippen molar-refractivity contribution in [2.75, 3.05) is 26.0 Å². The zero-order valence-electron chi connectivity index (χ0n) is 12.8. The van der Waals surface area contributed by atoms with Crippen molar-refractivity contribution < 1.29 is 24.7 Å². The summed E-state index contributed by atoms with van der Waals surface area (Å²) in [6.45, 7) is 0.904. The molecule has 1 rings (SSSR count). The number of nitrogen functional groups attached to an aromatic ring is 1. The van der Waals surface area contributed by atoms with Gasteiger partial charge in [0.1, 0.15) is 11.3 Å². The summed E-state index contributed by atoms with van der Waals surface area (Å²) in [5.41, 5.74) is 5.29. The van der Waals surface area contributed by atoms with Crippen LogP contribution in [-0.4, -0.2) is 57.4 Å². The molecule has 5 N–H and O–H groups in total. The van der Waals surface area contributed by atoms with Crippen molar-refractivity contribution in [1.82, 2.24) is 15.3 Å². The maximum Gasteiger partial charge on any atom is 0.407 e. The molecule has 0 fully saturated rings. The van der Waals surface area contributed by atoms with E-state index in [1.807, 2.05) is 0 Å². The lowest BCUT2D eigenvalue weighted by Crippen LogP contribution is -2.29. The van der Waals surface area contributed by atoms with Crippen LogP contribution >= 0.6 is 11.6 Å². The summed E-state index contributed by atoms with van der Waals surface area (Å²) >= 11 is 5.88. The molecular formula is C12H16ClN5O6. The van der Waals surface area contributed by atoms with E-state index in [4.69, 9.17) is 22.4 Å². The number of allylic oxidation sites excluding steroid dienone is 1. The first-order valence-electron chi connectivity index (χ1n) is 6.52. The molecule has 1 aromatic rings. The Bertz CT molecular complexity index is 680. The zero-order chi connectivity index (χ0) is 18.4. The summed E-state index contributed by atoms with van der Waals surface area (Å²) in [7, 11) is 1.12.